The molecule has 1 aromatic carbocycles. The second kappa shape index (κ2) is 5.63. The van der Waals surface area contributed by atoms with Crippen molar-refractivity contribution in [3.8, 4) is 11.5 Å². The third kappa shape index (κ3) is 1.80. The Morgan fingerprint density at radius 3 is 2.79 bits per heavy atom. The lowest BCUT2D eigenvalue weighted by Crippen LogP contribution is -2.79. The van der Waals surface area contributed by atoms with Crippen molar-refractivity contribution in [2.24, 2.45) is 0 Å². The summed E-state index contributed by atoms with van der Waals surface area (Å²) in [5.41, 5.74) is 1.10. The van der Waals surface area contributed by atoms with E-state index < -0.39 is 16.8 Å². The number of aliphatic hydroxyl groups is 1. The lowest BCUT2D eigenvalue weighted by molar-refractivity contribution is -0.296. The first-order chi connectivity index (χ1) is 13.6. The monoisotopic (exact) mass is 387 g/mol. The summed E-state index contributed by atoms with van der Waals surface area (Å²) in [7, 11) is 1.68. The zero-order valence-electron chi connectivity index (χ0n) is 16.7. The van der Waals surface area contributed by atoms with E-state index in [1.54, 1.807) is 7.11 Å². The number of benzene rings is 1. The van der Waals surface area contributed by atoms with E-state index in [2.05, 4.69) is 17.9 Å². The lowest BCUT2D eigenvalue weighted by atomic mass is 9.48. The van der Waals surface area contributed by atoms with E-state index in [1.807, 2.05) is 6.07 Å². The van der Waals surface area contributed by atoms with E-state index in [0.717, 1.165) is 49.4 Å². The van der Waals surface area contributed by atoms with Gasteiger partial charge in [-0.25, -0.2) is 0 Å². The molecule has 6 heteroatoms. The Labute approximate surface area is 165 Å². The molecule has 3 aliphatic heterocycles. The summed E-state index contributed by atoms with van der Waals surface area (Å²) in [4.78, 5) is 2.50. The minimum Gasteiger partial charge on any atom is -0.493 e. The Morgan fingerprint density at radius 1 is 1.21 bits per heavy atom. The van der Waals surface area contributed by atoms with Crippen molar-refractivity contribution in [2.75, 3.05) is 33.4 Å². The van der Waals surface area contributed by atoms with Crippen LogP contribution in [0.3, 0.4) is 0 Å². The van der Waals surface area contributed by atoms with E-state index in [4.69, 9.17) is 18.9 Å². The Balaban J connectivity index is 1.60. The van der Waals surface area contributed by atoms with Gasteiger partial charge in [-0.15, -0.1) is 0 Å². The average molecular weight is 387 g/mol. The first-order valence-corrected chi connectivity index (χ1v) is 10.7. The third-order valence-corrected chi connectivity index (χ3v) is 8.07. The van der Waals surface area contributed by atoms with Gasteiger partial charge >= 0.3 is 0 Å². The van der Waals surface area contributed by atoms with E-state index in [-0.39, 0.29) is 12.1 Å². The number of rotatable bonds is 3. The van der Waals surface area contributed by atoms with E-state index in [9.17, 15) is 5.11 Å². The number of likely N-dealkylation sites (tertiary alicyclic amines) is 1. The predicted molar refractivity (Wildman–Crippen MR) is 102 cm³/mol. The molecule has 0 amide bonds. The standard InChI is InChI=1S/C22H29NO5/c1-3-9-23-10-8-20-17-14-4-5-15(25-2)18(17)28-19(20)22(26-11-12-27-22)7-6-21(20,24)16(23)13-14/h4-5,16,19,24H,3,6-13H2,1-2H3/t16-,19-,20+,21-/m1/s1. The van der Waals surface area contributed by atoms with Crippen LogP contribution in [0.15, 0.2) is 12.1 Å². The number of fused-ring (bicyclic) bond motifs is 1. The average Bonchev–Trinajstić information content (AvgIpc) is 3.30. The number of hydrogen-bond acceptors (Lipinski definition) is 6. The van der Waals surface area contributed by atoms with Gasteiger partial charge in [0.2, 0.25) is 5.79 Å². The Morgan fingerprint density at radius 2 is 2.04 bits per heavy atom. The Bertz CT molecular complexity index is 821. The second-order valence-corrected chi connectivity index (χ2v) is 9.04. The van der Waals surface area contributed by atoms with Crippen LogP contribution in [0.4, 0.5) is 0 Å². The highest BCUT2D eigenvalue weighted by Crippen LogP contribution is 2.68. The molecule has 0 aromatic heterocycles. The molecule has 1 saturated carbocycles. The summed E-state index contributed by atoms with van der Waals surface area (Å²) in [6, 6.07) is 4.29. The van der Waals surface area contributed by atoms with E-state index in [1.165, 1.54) is 5.56 Å². The van der Waals surface area contributed by atoms with Gasteiger partial charge in [0.1, 0.15) is 0 Å². The summed E-state index contributed by atoms with van der Waals surface area (Å²) >= 11 is 0. The zero-order chi connectivity index (χ0) is 19.1. The molecule has 3 fully saturated rings. The highest BCUT2D eigenvalue weighted by Gasteiger charge is 2.77. The molecular formula is C22H29NO5. The Hall–Kier alpha value is -1.34. The molecule has 3 heterocycles. The molecule has 2 bridgehead atoms. The SMILES string of the molecule is CCCN1CC[C@]23c4c5ccc(OC)c4O[C@H]2C2(CC[C@@]3(O)[C@H]1C5)OCCO2. The minimum atomic E-state index is -0.837. The van der Waals surface area contributed by atoms with Crippen LogP contribution in [-0.2, 0) is 21.3 Å². The molecule has 0 radical (unpaired) electrons. The molecule has 152 valence electrons. The molecule has 5 aliphatic rings. The highest BCUT2D eigenvalue weighted by atomic mass is 16.8. The fourth-order valence-electron chi connectivity index (χ4n) is 7.06. The maximum Gasteiger partial charge on any atom is 0.207 e. The van der Waals surface area contributed by atoms with Crippen LogP contribution in [-0.4, -0.2) is 67.0 Å². The van der Waals surface area contributed by atoms with Crippen LogP contribution in [0.5, 0.6) is 11.5 Å². The van der Waals surface area contributed by atoms with Crippen molar-refractivity contribution in [1.29, 1.82) is 0 Å². The fourth-order valence-corrected chi connectivity index (χ4v) is 7.06. The van der Waals surface area contributed by atoms with Gasteiger partial charge in [0.05, 0.1) is 31.3 Å². The van der Waals surface area contributed by atoms with Gasteiger partial charge in [-0.2, -0.15) is 0 Å². The molecule has 1 aromatic rings. The molecule has 2 spiro atoms. The van der Waals surface area contributed by atoms with Crippen LogP contribution >= 0.6 is 0 Å². The van der Waals surface area contributed by atoms with Crippen molar-refractivity contribution < 1.29 is 24.1 Å². The van der Waals surface area contributed by atoms with Crippen LogP contribution in [0, 0.1) is 0 Å². The van der Waals surface area contributed by atoms with Crippen molar-refractivity contribution in [2.45, 2.75) is 68.0 Å². The van der Waals surface area contributed by atoms with Crippen LogP contribution in [0.25, 0.3) is 0 Å². The van der Waals surface area contributed by atoms with Crippen molar-refractivity contribution in [3.63, 3.8) is 0 Å². The largest absolute Gasteiger partial charge is 0.493 e. The molecular weight excluding hydrogens is 358 g/mol. The molecule has 4 atom stereocenters. The topological polar surface area (TPSA) is 60.4 Å². The van der Waals surface area contributed by atoms with Crippen LogP contribution in [0.2, 0.25) is 0 Å². The van der Waals surface area contributed by atoms with Crippen molar-refractivity contribution >= 4 is 0 Å². The summed E-state index contributed by atoms with van der Waals surface area (Å²) in [5.74, 6) is 0.779. The van der Waals surface area contributed by atoms with E-state index in [0.29, 0.717) is 26.1 Å². The molecule has 2 saturated heterocycles. The zero-order valence-corrected chi connectivity index (χ0v) is 16.7. The van der Waals surface area contributed by atoms with Gasteiger partial charge in [0.15, 0.2) is 17.6 Å². The molecule has 6 nitrogen and oxygen atoms in total. The quantitative estimate of drug-likeness (QED) is 0.856. The van der Waals surface area contributed by atoms with Gasteiger partial charge in [-0.1, -0.05) is 13.0 Å². The molecule has 6 rings (SSSR count). The summed E-state index contributed by atoms with van der Waals surface area (Å²) in [6.45, 7) is 5.36. The first kappa shape index (κ1) is 17.5. The number of hydrogen-bond donors (Lipinski definition) is 1. The first-order valence-electron chi connectivity index (χ1n) is 10.7. The van der Waals surface area contributed by atoms with Gasteiger partial charge in [-0.3, -0.25) is 4.90 Å². The molecule has 28 heavy (non-hydrogen) atoms. The Kier molecular flexibility index (Phi) is 3.52. The smallest absolute Gasteiger partial charge is 0.207 e. The normalized spacial score (nSPS) is 39.7. The second-order valence-electron chi connectivity index (χ2n) is 9.04. The predicted octanol–water partition coefficient (Wildman–Crippen LogP) is 2.00. The van der Waals surface area contributed by atoms with Crippen LogP contribution < -0.4 is 9.47 Å². The minimum absolute atomic E-state index is 0.109. The van der Waals surface area contributed by atoms with Crippen molar-refractivity contribution in [3.05, 3.63) is 23.3 Å². The molecule has 2 aliphatic carbocycles. The van der Waals surface area contributed by atoms with Gasteiger partial charge in [0.25, 0.3) is 0 Å². The van der Waals surface area contributed by atoms with Gasteiger partial charge in [-0.05, 0) is 50.4 Å². The summed E-state index contributed by atoms with van der Waals surface area (Å²) < 4.78 is 24.7. The number of nitrogens with zero attached hydrogens (tertiary/aromatic N) is 1. The van der Waals surface area contributed by atoms with E-state index >= 15 is 0 Å². The fraction of sp³-hybridized carbons (Fsp3) is 0.727. The van der Waals surface area contributed by atoms with Gasteiger partial charge < -0.3 is 24.1 Å². The maximum absolute atomic E-state index is 12.3. The maximum atomic E-state index is 12.3. The lowest BCUT2D eigenvalue weighted by Gasteiger charge is -2.65. The number of ether oxygens (including phenoxy) is 4. The highest BCUT2D eigenvalue weighted by molar-refractivity contribution is 5.63. The summed E-state index contributed by atoms with van der Waals surface area (Å²) in [5, 5.41) is 12.3. The number of piperidine rings is 1. The summed E-state index contributed by atoms with van der Waals surface area (Å²) in [6.07, 6.45) is 3.81. The number of methoxy groups -OCH3 is 1. The third-order valence-electron chi connectivity index (χ3n) is 8.07. The molecule has 1 N–H and O–H groups in total. The van der Waals surface area contributed by atoms with Gasteiger partial charge in [0, 0.05) is 18.0 Å². The van der Waals surface area contributed by atoms with Crippen molar-refractivity contribution in [1.82, 2.24) is 4.90 Å². The van der Waals surface area contributed by atoms with Crippen LogP contribution in [0.1, 0.15) is 43.7 Å². The molecule has 0 unspecified atom stereocenters.